The smallest absolute Gasteiger partial charge is 0.296 e. The van der Waals surface area contributed by atoms with E-state index in [2.05, 4.69) is 10.1 Å². The van der Waals surface area contributed by atoms with Crippen LogP contribution in [0.25, 0.3) is 0 Å². The van der Waals surface area contributed by atoms with E-state index in [1.54, 1.807) is 0 Å². The lowest BCUT2D eigenvalue weighted by Crippen LogP contribution is -2.14. The van der Waals surface area contributed by atoms with E-state index in [-0.39, 0.29) is 23.7 Å². The van der Waals surface area contributed by atoms with E-state index in [4.69, 9.17) is 9.26 Å². The normalized spacial score (nSPS) is 13.4. The van der Waals surface area contributed by atoms with Crippen molar-refractivity contribution in [2.24, 2.45) is 5.92 Å². The van der Waals surface area contributed by atoms with Gasteiger partial charge in [-0.3, -0.25) is 4.79 Å². The number of halogens is 2. The summed E-state index contributed by atoms with van der Waals surface area (Å²) < 4.78 is 33.9. The Morgan fingerprint density at radius 1 is 1.47 bits per heavy atom. The van der Waals surface area contributed by atoms with Crippen LogP contribution in [-0.2, 0) is 16.0 Å². The van der Waals surface area contributed by atoms with E-state index in [0.717, 1.165) is 0 Å². The van der Waals surface area contributed by atoms with E-state index in [1.807, 2.05) is 13.8 Å². The predicted octanol–water partition coefficient (Wildman–Crippen LogP) is 1.79. The van der Waals surface area contributed by atoms with Crippen molar-refractivity contribution in [3.63, 3.8) is 0 Å². The van der Waals surface area contributed by atoms with Gasteiger partial charge in [-0.1, -0.05) is 19.0 Å². The van der Waals surface area contributed by atoms with Crippen molar-refractivity contribution in [3.8, 4) is 0 Å². The van der Waals surface area contributed by atoms with Crippen LogP contribution in [0.2, 0.25) is 0 Å². The predicted molar refractivity (Wildman–Crippen MR) is 53.6 cm³/mol. The van der Waals surface area contributed by atoms with Gasteiger partial charge in [-0.2, -0.15) is 4.98 Å². The molecule has 5 nitrogen and oxygen atoms in total. The Morgan fingerprint density at radius 3 is 2.59 bits per heavy atom. The van der Waals surface area contributed by atoms with Crippen molar-refractivity contribution in [1.29, 1.82) is 0 Å². The maximum absolute atomic E-state index is 12.0. The fourth-order valence-corrected chi connectivity index (χ4v) is 1.36. The van der Waals surface area contributed by atoms with Gasteiger partial charge in [0.2, 0.25) is 17.5 Å². The van der Waals surface area contributed by atoms with Gasteiger partial charge in [0.25, 0.3) is 6.43 Å². The van der Waals surface area contributed by atoms with E-state index in [0.29, 0.717) is 0 Å². The maximum atomic E-state index is 12.0. The van der Waals surface area contributed by atoms with Crippen molar-refractivity contribution >= 4 is 5.78 Å². The van der Waals surface area contributed by atoms with Crippen molar-refractivity contribution in [2.45, 2.75) is 32.8 Å². The second kappa shape index (κ2) is 5.81. The average Bonchev–Trinajstić information content (AvgIpc) is 2.66. The van der Waals surface area contributed by atoms with Crippen LogP contribution in [0.3, 0.4) is 0 Å². The molecule has 96 valence electrons. The number of hydrogen-bond acceptors (Lipinski definition) is 5. The van der Waals surface area contributed by atoms with Gasteiger partial charge in [0.15, 0.2) is 0 Å². The summed E-state index contributed by atoms with van der Waals surface area (Å²) in [5.74, 6) is -0.984. The lowest BCUT2D eigenvalue weighted by atomic mass is 10.1. The minimum absolute atomic E-state index is 0.108. The first-order valence-corrected chi connectivity index (χ1v) is 5.11. The lowest BCUT2D eigenvalue weighted by Gasteiger charge is -2.14. The van der Waals surface area contributed by atoms with Gasteiger partial charge in [-0.15, -0.1) is 0 Å². The van der Waals surface area contributed by atoms with Crippen LogP contribution in [0, 0.1) is 5.92 Å². The summed E-state index contributed by atoms with van der Waals surface area (Å²) in [4.78, 5) is 14.7. The fourth-order valence-electron chi connectivity index (χ4n) is 1.36. The highest BCUT2D eigenvalue weighted by atomic mass is 19.3. The highest BCUT2D eigenvalue weighted by Gasteiger charge is 2.24. The first kappa shape index (κ1) is 13.7. The van der Waals surface area contributed by atoms with Gasteiger partial charge in [-0.25, -0.2) is 8.78 Å². The van der Waals surface area contributed by atoms with E-state index >= 15 is 0 Å². The number of alkyl halides is 2. The molecule has 0 amide bonds. The largest absolute Gasteiger partial charge is 0.373 e. The summed E-state index contributed by atoms with van der Waals surface area (Å²) in [6.07, 6.45) is -3.96. The zero-order chi connectivity index (χ0) is 13.0. The lowest BCUT2D eigenvalue weighted by molar-refractivity contribution is -0.129. The SMILES string of the molecule is COC(c1noc(CC(=O)C(F)F)n1)C(C)C. The summed E-state index contributed by atoms with van der Waals surface area (Å²) in [7, 11) is 1.49. The van der Waals surface area contributed by atoms with E-state index in [9.17, 15) is 13.6 Å². The van der Waals surface area contributed by atoms with E-state index < -0.39 is 18.6 Å². The molecule has 0 radical (unpaired) electrons. The summed E-state index contributed by atoms with van der Waals surface area (Å²) >= 11 is 0. The standard InChI is InChI=1S/C10H14F2N2O3/c1-5(2)8(16-3)10-13-7(17-14-10)4-6(15)9(11)12/h5,8-9H,4H2,1-3H3. The van der Waals surface area contributed by atoms with Crippen molar-refractivity contribution < 1.29 is 22.8 Å². The molecule has 1 heterocycles. The van der Waals surface area contributed by atoms with Crippen molar-refractivity contribution in [2.75, 3.05) is 7.11 Å². The first-order valence-electron chi connectivity index (χ1n) is 5.11. The van der Waals surface area contributed by atoms with Gasteiger partial charge in [-0.05, 0) is 5.92 Å². The third-order valence-electron chi connectivity index (χ3n) is 2.17. The van der Waals surface area contributed by atoms with Crippen LogP contribution in [0.5, 0.6) is 0 Å². The Balaban J connectivity index is 2.74. The number of Topliss-reactive ketones (excluding diaryl/α,β-unsaturated/α-hetero) is 1. The number of rotatable bonds is 6. The first-order chi connectivity index (χ1) is 7.95. The Labute approximate surface area is 97.1 Å². The third-order valence-corrected chi connectivity index (χ3v) is 2.17. The highest BCUT2D eigenvalue weighted by molar-refractivity contribution is 5.82. The van der Waals surface area contributed by atoms with Gasteiger partial charge in [0, 0.05) is 7.11 Å². The molecule has 0 aliphatic heterocycles. The van der Waals surface area contributed by atoms with Gasteiger partial charge in [0.1, 0.15) is 6.10 Å². The molecule has 1 atom stereocenters. The monoisotopic (exact) mass is 248 g/mol. The molecular formula is C10H14F2N2O3. The van der Waals surface area contributed by atoms with Crippen LogP contribution in [0.4, 0.5) is 8.78 Å². The number of ketones is 1. The molecule has 1 aromatic heterocycles. The topological polar surface area (TPSA) is 65.2 Å². The molecule has 17 heavy (non-hydrogen) atoms. The molecule has 0 aliphatic carbocycles. The maximum Gasteiger partial charge on any atom is 0.296 e. The second-order valence-electron chi connectivity index (χ2n) is 3.89. The third kappa shape index (κ3) is 3.55. The molecule has 0 saturated heterocycles. The van der Waals surface area contributed by atoms with Crippen molar-refractivity contribution in [1.82, 2.24) is 10.1 Å². The number of ether oxygens (including phenoxy) is 1. The Morgan fingerprint density at radius 2 is 2.12 bits per heavy atom. The summed E-state index contributed by atoms with van der Waals surface area (Å²) in [6.45, 7) is 3.79. The fraction of sp³-hybridized carbons (Fsp3) is 0.700. The number of aromatic nitrogens is 2. The number of hydrogen-bond donors (Lipinski definition) is 0. The minimum Gasteiger partial charge on any atom is -0.373 e. The molecule has 0 N–H and O–H groups in total. The van der Waals surface area contributed by atoms with Crippen molar-refractivity contribution in [3.05, 3.63) is 11.7 Å². The molecule has 1 aromatic rings. The molecule has 0 saturated carbocycles. The summed E-state index contributed by atoms with van der Waals surface area (Å²) in [6, 6.07) is 0. The summed E-state index contributed by atoms with van der Waals surface area (Å²) in [5.41, 5.74) is 0. The van der Waals surface area contributed by atoms with Crippen LogP contribution in [0.15, 0.2) is 4.52 Å². The Kier molecular flexibility index (Phi) is 4.68. The minimum atomic E-state index is -3.02. The highest BCUT2D eigenvalue weighted by Crippen LogP contribution is 2.22. The average molecular weight is 248 g/mol. The van der Waals surface area contributed by atoms with Gasteiger partial charge < -0.3 is 9.26 Å². The molecule has 0 fully saturated rings. The quantitative estimate of drug-likeness (QED) is 0.767. The molecule has 0 aromatic carbocycles. The number of carbonyl (C=O) groups excluding carboxylic acids is 1. The molecule has 1 unspecified atom stereocenters. The van der Waals surface area contributed by atoms with Gasteiger partial charge in [0.05, 0.1) is 6.42 Å². The van der Waals surface area contributed by atoms with Gasteiger partial charge >= 0.3 is 0 Å². The molecule has 0 aliphatic rings. The zero-order valence-electron chi connectivity index (χ0n) is 9.81. The van der Waals surface area contributed by atoms with E-state index in [1.165, 1.54) is 7.11 Å². The Hall–Kier alpha value is -1.37. The zero-order valence-corrected chi connectivity index (χ0v) is 9.81. The second-order valence-corrected chi connectivity index (χ2v) is 3.89. The number of carbonyl (C=O) groups is 1. The molecule has 1 rings (SSSR count). The van der Waals surface area contributed by atoms with Crippen LogP contribution in [0.1, 0.15) is 31.7 Å². The summed E-state index contributed by atoms with van der Waals surface area (Å²) in [5, 5.41) is 3.61. The Bertz CT molecular complexity index is 379. The molecular weight excluding hydrogens is 234 g/mol. The van der Waals surface area contributed by atoms with Crippen LogP contribution >= 0.6 is 0 Å². The molecule has 0 bridgehead atoms. The molecule has 7 heteroatoms. The van der Waals surface area contributed by atoms with Crippen LogP contribution in [-0.4, -0.2) is 29.5 Å². The van der Waals surface area contributed by atoms with Crippen LogP contribution < -0.4 is 0 Å². The number of methoxy groups -OCH3 is 1. The number of nitrogens with zero attached hydrogens (tertiary/aromatic N) is 2. The molecule has 0 spiro atoms.